The first-order chi connectivity index (χ1) is 13.4. The zero-order valence-corrected chi connectivity index (χ0v) is 15.4. The van der Waals surface area contributed by atoms with Gasteiger partial charge in [0.2, 0.25) is 0 Å². The Morgan fingerprint density at radius 1 is 1.18 bits per heavy atom. The van der Waals surface area contributed by atoms with Crippen LogP contribution in [-0.2, 0) is 0 Å². The first-order valence-corrected chi connectivity index (χ1v) is 9.62. The van der Waals surface area contributed by atoms with E-state index in [1.54, 1.807) is 4.90 Å². The summed E-state index contributed by atoms with van der Waals surface area (Å²) in [4.78, 5) is 28.8. The van der Waals surface area contributed by atoms with Crippen LogP contribution in [0.15, 0.2) is 9.59 Å². The van der Waals surface area contributed by atoms with Gasteiger partial charge in [-0.25, -0.2) is 9.18 Å². The van der Waals surface area contributed by atoms with E-state index in [0.29, 0.717) is 13.1 Å². The van der Waals surface area contributed by atoms with Crippen LogP contribution in [0.1, 0.15) is 31.7 Å². The number of hydrogen-bond acceptors (Lipinski definition) is 6. The van der Waals surface area contributed by atoms with Gasteiger partial charge in [-0.15, -0.1) is 0 Å². The molecular formula is C19H22FN3O5. The lowest BCUT2D eigenvalue weighted by Crippen LogP contribution is -2.31. The third-order valence-corrected chi connectivity index (χ3v) is 6.48. The van der Waals surface area contributed by atoms with E-state index in [0.717, 1.165) is 25.7 Å². The molecule has 2 heterocycles. The number of H-pyrrole nitrogens is 1. The predicted molar refractivity (Wildman–Crippen MR) is 99.7 cm³/mol. The van der Waals surface area contributed by atoms with Gasteiger partial charge in [0.25, 0.3) is 5.56 Å². The van der Waals surface area contributed by atoms with Crippen molar-refractivity contribution in [3.8, 4) is 11.5 Å². The highest BCUT2D eigenvalue weighted by Gasteiger charge is 2.44. The number of phenols is 1. The molecule has 3 N–H and O–H groups in total. The number of aromatic hydroxyl groups is 1. The number of nitrogens with zero attached hydrogens (tertiary/aromatic N) is 2. The highest BCUT2D eigenvalue weighted by atomic mass is 19.1. The van der Waals surface area contributed by atoms with E-state index in [1.807, 2.05) is 0 Å². The van der Waals surface area contributed by atoms with Crippen molar-refractivity contribution in [3.05, 3.63) is 26.7 Å². The minimum absolute atomic E-state index is 0.0340. The molecule has 0 bridgehead atoms. The fourth-order valence-corrected chi connectivity index (χ4v) is 5.00. The highest BCUT2D eigenvalue weighted by molar-refractivity contribution is 5.96. The lowest BCUT2D eigenvalue weighted by atomic mass is 10.00. The van der Waals surface area contributed by atoms with E-state index in [2.05, 4.69) is 4.98 Å². The van der Waals surface area contributed by atoms with E-state index in [-0.39, 0.29) is 40.2 Å². The molecule has 2 aromatic rings. The fourth-order valence-electron chi connectivity index (χ4n) is 5.00. The van der Waals surface area contributed by atoms with Crippen LogP contribution < -0.4 is 20.9 Å². The molecule has 1 aromatic heterocycles. The average molecular weight is 391 g/mol. The number of aromatic amines is 1. The maximum atomic E-state index is 15.3. The van der Waals surface area contributed by atoms with Crippen molar-refractivity contribution in [1.82, 2.24) is 9.55 Å². The lowest BCUT2D eigenvalue weighted by molar-refractivity contribution is 0.133. The largest absolute Gasteiger partial charge is 0.504 e. The second-order valence-corrected chi connectivity index (χ2v) is 8.10. The maximum Gasteiger partial charge on any atom is 0.329 e. The van der Waals surface area contributed by atoms with Crippen molar-refractivity contribution in [2.45, 2.75) is 37.8 Å². The first kappa shape index (κ1) is 17.5. The Hall–Kier alpha value is -2.55. The van der Waals surface area contributed by atoms with Gasteiger partial charge >= 0.3 is 5.69 Å². The molecule has 5 rings (SSSR count). The molecule has 1 saturated heterocycles. The monoisotopic (exact) mass is 391 g/mol. The minimum atomic E-state index is -0.940. The molecule has 3 atom stereocenters. The summed E-state index contributed by atoms with van der Waals surface area (Å²) in [5.74, 6) is -1.37. The van der Waals surface area contributed by atoms with Crippen molar-refractivity contribution >= 4 is 16.6 Å². The number of nitrogens with one attached hydrogen (secondary N) is 1. The summed E-state index contributed by atoms with van der Waals surface area (Å²) in [5, 5.41) is 20.4. The van der Waals surface area contributed by atoms with E-state index in [4.69, 9.17) is 4.74 Å². The summed E-state index contributed by atoms with van der Waals surface area (Å²) >= 11 is 0. The summed E-state index contributed by atoms with van der Waals surface area (Å²) in [5.41, 5.74) is -1.26. The smallest absolute Gasteiger partial charge is 0.329 e. The zero-order valence-electron chi connectivity index (χ0n) is 15.4. The fraction of sp³-hybridized carbons (Fsp3) is 0.579. The molecule has 2 aliphatic carbocycles. The average Bonchev–Trinajstić information content (AvgIpc) is 3.30. The van der Waals surface area contributed by atoms with Crippen molar-refractivity contribution in [1.29, 1.82) is 0 Å². The number of hydrogen-bond donors (Lipinski definition) is 3. The number of fused-ring (bicyclic) bond motifs is 2. The summed E-state index contributed by atoms with van der Waals surface area (Å²) in [6.07, 6.45) is 2.70. The third kappa shape index (κ3) is 2.32. The highest BCUT2D eigenvalue weighted by Crippen LogP contribution is 2.49. The SMILES string of the molecule is COc1c(N2CC3CCC(O)C3C2)c(F)c(O)c2c(=O)[nH]c(=O)n(C3CC3)c12. The van der Waals surface area contributed by atoms with Gasteiger partial charge in [-0.3, -0.25) is 14.3 Å². The number of benzene rings is 1. The standard InChI is InChI=1S/C19H22FN3O5/c1-28-17-14-12(18(26)21-19(27)23(14)9-3-4-9)16(25)13(20)15(17)22-6-8-2-5-11(24)10(8)7-22/h8-11,24-25H,2-7H2,1H3,(H,21,26,27). The molecule has 0 radical (unpaired) electrons. The summed E-state index contributed by atoms with van der Waals surface area (Å²) in [6.45, 7) is 0.956. The molecule has 150 valence electrons. The second kappa shape index (κ2) is 5.97. The van der Waals surface area contributed by atoms with E-state index in [1.165, 1.54) is 11.7 Å². The number of rotatable bonds is 3. The maximum absolute atomic E-state index is 15.3. The number of aromatic nitrogens is 2. The summed E-state index contributed by atoms with van der Waals surface area (Å²) < 4.78 is 22.2. The van der Waals surface area contributed by atoms with Gasteiger partial charge in [-0.2, -0.15) is 0 Å². The molecule has 9 heteroatoms. The number of methoxy groups -OCH3 is 1. The molecule has 1 aliphatic heterocycles. The Labute approximate surface area is 159 Å². The molecule has 2 saturated carbocycles. The zero-order chi connectivity index (χ0) is 19.7. The third-order valence-electron chi connectivity index (χ3n) is 6.48. The molecule has 28 heavy (non-hydrogen) atoms. The van der Waals surface area contributed by atoms with Crippen LogP contribution in [0.4, 0.5) is 10.1 Å². The molecule has 0 amide bonds. The van der Waals surface area contributed by atoms with Gasteiger partial charge in [-0.1, -0.05) is 0 Å². The van der Waals surface area contributed by atoms with Crippen LogP contribution in [0.3, 0.4) is 0 Å². The van der Waals surface area contributed by atoms with Crippen molar-refractivity contribution < 1.29 is 19.3 Å². The van der Waals surface area contributed by atoms with E-state index >= 15 is 4.39 Å². The predicted octanol–water partition coefficient (Wildman–Crippen LogP) is 1.09. The van der Waals surface area contributed by atoms with Crippen molar-refractivity contribution in [2.24, 2.45) is 11.8 Å². The van der Waals surface area contributed by atoms with Gasteiger partial charge in [0.1, 0.15) is 16.6 Å². The van der Waals surface area contributed by atoms with Crippen LogP contribution in [0, 0.1) is 17.7 Å². The minimum Gasteiger partial charge on any atom is -0.504 e. The number of aliphatic hydroxyl groups excluding tert-OH is 1. The first-order valence-electron chi connectivity index (χ1n) is 9.62. The molecular weight excluding hydrogens is 369 g/mol. The van der Waals surface area contributed by atoms with E-state index in [9.17, 15) is 19.8 Å². The second-order valence-electron chi connectivity index (χ2n) is 8.10. The lowest BCUT2D eigenvalue weighted by Gasteiger charge is -2.25. The number of ether oxygens (including phenoxy) is 1. The molecule has 3 unspecified atom stereocenters. The number of phenolic OH excluding ortho intramolecular Hbond substituents is 1. The molecule has 3 fully saturated rings. The number of aliphatic hydroxyl groups is 1. The Balaban J connectivity index is 1.79. The molecule has 8 nitrogen and oxygen atoms in total. The number of anilines is 1. The van der Waals surface area contributed by atoms with Crippen LogP contribution in [0.5, 0.6) is 11.5 Å². The Kier molecular flexibility index (Phi) is 3.74. The quantitative estimate of drug-likeness (QED) is 0.723. The summed E-state index contributed by atoms with van der Waals surface area (Å²) in [6, 6.07) is -0.113. The topological polar surface area (TPSA) is 108 Å². The van der Waals surface area contributed by atoms with Gasteiger partial charge in [0.15, 0.2) is 17.3 Å². The molecule has 3 aliphatic rings. The normalized spacial score (nSPS) is 26.8. The van der Waals surface area contributed by atoms with Crippen LogP contribution in [0.2, 0.25) is 0 Å². The van der Waals surface area contributed by atoms with Crippen molar-refractivity contribution in [2.75, 3.05) is 25.1 Å². The van der Waals surface area contributed by atoms with Crippen LogP contribution in [0.25, 0.3) is 10.9 Å². The summed E-state index contributed by atoms with van der Waals surface area (Å²) in [7, 11) is 1.36. The van der Waals surface area contributed by atoms with Gasteiger partial charge in [0, 0.05) is 25.0 Å². The van der Waals surface area contributed by atoms with Crippen LogP contribution in [-0.4, -0.2) is 46.1 Å². The van der Waals surface area contributed by atoms with Gasteiger partial charge in [0.05, 0.1) is 13.2 Å². The van der Waals surface area contributed by atoms with E-state index < -0.39 is 28.9 Å². The van der Waals surface area contributed by atoms with Gasteiger partial charge in [-0.05, 0) is 31.6 Å². The van der Waals surface area contributed by atoms with Crippen LogP contribution >= 0.6 is 0 Å². The van der Waals surface area contributed by atoms with Crippen molar-refractivity contribution in [3.63, 3.8) is 0 Å². The molecule has 0 spiro atoms. The number of halogens is 1. The Morgan fingerprint density at radius 2 is 1.93 bits per heavy atom. The Morgan fingerprint density at radius 3 is 2.57 bits per heavy atom. The Bertz CT molecular complexity index is 1090. The van der Waals surface area contributed by atoms with Gasteiger partial charge < -0.3 is 19.8 Å². The molecule has 1 aromatic carbocycles.